The Morgan fingerprint density at radius 2 is 1.46 bits per heavy atom. The first-order chi connectivity index (χ1) is 12.4. The van der Waals surface area contributed by atoms with Crippen LogP contribution >= 0.6 is 0 Å². The predicted molar refractivity (Wildman–Crippen MR) is 103 cm³/mol. The van der Waals surface area contributed by atoms with Gasteiger partial charge in [0.05, 0.1) is 5.92 Å². The SMILES string of the molecule is CC(C)NC(=O)C1(C)CCN1C(=O)C(c1ccccc1)c1ccccc1. The van der Waals surface area contributed by atoms with Gasteiger partial charge in [-0.3, -0.25) is 9.59 Å². The summed E-state index contributed by atoms with van der Waals surface area (Å²) in [7, 11) is 0. The van der Waals surface area contributed by atoms with Crippen molar-refractivity contribution >= 4 is 11.8 Å². The van der Waals surface area contributed by atoms with Gasteiger partial charge in [-0.05, 0) is 38.3 Å². The van der Waals surface area contributed by atoms with E-state index in [1.807, 2.05) is 81.4 Å². The summed E-state index contributed by atoms with van der Waals surface area (Å²) >= 11 is 0. The molecular formula is C22H26N2O2. The smallest absolute Gasteiger partial charge is 0.245 e. The van der Waals surface area contributed by atoms with Crippen LogP contribution < -0.4 is 5.32 Å². The molecule has 1 atom stereocenters. The van der Waals surface area contributed by atoms with Crippen molar-refractivity contribution in [1.29, 1.82) is 0 Å². The van der Waals surface area contributed by atoms with Crippen molar-refractivity contribution in [1.82, 2.24) is 10.2 Å². The van der Waals surface area contributed by atoms with Crippen LogP contribution in [0.1, 0.15) is 44.2 Å². The van der Waals surface area contributed by atoms with E-state index in [1.165, 1.54) is 0 Å². The maximum atomic E-state index is 13.5. The fourth-order valence-electron chi connectivity index (χ4n) is 3.49. The average Bonchev–Trinajstić information content (AvgIpc) is 2.61. The van der Waals surface area contributed by atoms with Crippen molar-refractivity contribution in [2.75, 3.05) is 6.54 Å². The summed E-state index contributed by atoms with van der Waals surface area (Å²) in [4.78, 5) is 27.9. The number of rotatable bonds is 5. The second-order valence-corrected chi connectivity index (χ2v) is 7.40. The summed E-state index contributed by atoms with van der Waals surface area (Å²) in [6, 6.07) is 19.6. The first kappa shape index (κ1) is 18.2. The van der Waals surface area contributed by atoms with E-state index in [1.54, 1.807) is 4.90 Å². The topological polar surface area (TPSA) is 49.4 Å². The lowest BCUT2D eigenvalue weighted by molar-refractivity contribution is -0.158. The summed E-state index contributed by atoms with van der Waals surface area (Å²) < 4.78 is 0. The third-order valence-corrected chi connectivity index (χ3v) is 5.11. The maximum absolute atomic E-state index is 13.5. The highest BCUT2D eigenvalue weighted by Crippen LogP contribution is 2.36. The number of benzene rings is 2. The van der Waals surface area contributed by atoms with E-state index in [2.05, 4.69) is 5.32 Å². The minimum absolute atomic E-state index is 0.0185. The first-order valence-corrected chi connectivity index (χ1v) is 9.16. The van der Waals surface area contributed by atoms with Gasteiger partial charge in [-0.2, -0.15) is 0 Å². The second kappa shape index (κ2) is 7.32. The lowest BCUT2D eigenvalue weighted by Crippen LogP contribution is -2.68. The van der Waals surface area contributed by atoms with Gasteiger partial charge in [-0.25, -0.2) is 0 Å². The highest BCUT2D eigenvalue weighted by Gasteiger charge is 2.51. The molecule has 0 radical (unpaired) electrons. The van der Waals surface area contributed by atoms with Crippen LogP contribution in [0.2, 0.25) is 0 Å². The number of hydrogen-bond donors (Lipinski definition) is 1. The van der Waals surface area contributed by atoms with Crippen LogP contribution in [-0.2, 0) is 9.59 Å². The molecule has 1 saturated heterocycles. The Morgan fingerprint density at radius 3 is 1.85 bits per heavy atom. The maximum Gasteiger partial charge on any atom is 0.245 e. The standard InChI is InChI=1S/C22H26N2O2/c1-16(2)23-21(26)22(3)14-15-24(22)20(25)19(17-10-6-4-7-11-17)18-12-8-5-9-13-18/h4-13,16,19H,14-15H2,1-3H3,(H,23,26). The molecule has 2 aromatic carbocycles. The lowest BCUT2D eigenvalue weighted by Gasteiger charge is -2.50. The Morgan fingerprint density at radius 1 is 0.962 bits per heavy atom. The Labute approximate surface area is 155 Å². The highest BCUT2D eigenvalue weighted by atomic mass is 16.2. The number of nitrogens with zero attached hydrogens (tertiary/aromatic N) is 1. The summed E-state index contributed by atoms with van der Waals surface area (Å²) in [6.07, 6.45) is 0.688. The first-order valence-electron chi connectivity index (χ1n) is 9.16. The van der Waals surface area contributed by atoms with Gasteiger partial charge in [-0.15, -0.1) is 0 Å². The number of carbonyl (C=O) groups excluding carboxylic acids is 2. The van der Waals surface area contributed by atoms with Gasteiger partial charge in [0.15, 0.2) is 0 Å². The van der Waals surface area contributed by atoms with Crippen LogP contribution in [0.4, 0.5) is 0 Å². The van der Waals surface area contributed by atoms with Gasteiger partial charge in [0, 0.05) is 12.6 Å². The summed E-state index contributed by atoms with van der Waals surface area (Å²) in [6.45, 7) is 6.34. The molecule has 2 amide bonds. The van der Waals surface area contributed by atoms with E-state index < -0.39 is 11.5 Å². The van der Waals surface area contributed by atoms with Crippen molar-refractivity contribution in [2.24, 2.45) is 0 Å². The molecule has 0 aromatic heterocycles. The van der Waals surface area contributed by atoms with Crippen LogP contribution in [0.25, 0.3) is 0 Å². The lowest BCUT2D eigenvalue weighted by atomic mass is 9.81. The molecule has 0 bridgehead atoms. The van der Waals surface area contributed by atoms with E-state index in [4.69, 9.17) is 0 Å². The molecule has 0 saturated carbocycles. The largest absolute Gasteiger partial charge is 0.352 e. The minimum atomic E-state index is -0.775. The number of amides is 2. The molecule has 3 rings (SSSR count). The third kappa shape index (κ3) is 3.36. The van der Waals surface area contributed by atoms with Crippen molar-refractivity contribution in [3.8, 4) is 0 Å². The van der Waals surface area contributed by atoms with Gasteiger partial charge in [0.1, 0.15) is 5.54 Å². The number of likely N-dealkylation sites (tertiary alicyclic amines) is 1. The van der Waals surface area contributed by atoms with Crippen LogP contribution in [0.5, 0.6) is 0 Å². The van der Waals surface area contributed by atoms with Crippen molar-refractivity contribution in [3.63, 3.8) is 0 Å². The molecule has 136 valence electrons. The van der Waals surface area contributed by atoms with E-state index >= 15 is 0 Å². The normalized spacial score (nSPS) is 19.3. The zero-order chi connectivity index (χ0) is 18.7. The van der Waals surface area contributed by atoms with Crippen LogP contribution in [0.15, 0.2) is 60.7 Å². The molecule has 2 aromatic rings. The Bertz CT molecular complexity index is 734. The summed E-state index contributed by atoms with van der Waals surface area (Å²) in [5.41, 5.74) is 1.12. The van der Waals surface area contributed by atoms with Crippen molar-refractivity contribution in [3.05, 3.63) is 71.8 Å². The minimum Gasteiger partial charge on any atom is -0.352 e. The molecule has 1 unspecified atom stereocenters. The molecule has 4 heteroatoms. The zero-order valence-electron chi connectivity index (χ0n) is 15.6. The molecular weight excluding hydrogens is 324 g/mol. The van der Waals surface area contributed by atoms with Crippen LogP contribution in [0, 0.1) is 0 Å². The number of hydrogen-bond acceptors (Lipinski definition) is 2. The monoisotopic (exact) mass is 350 g/mol. The number of nitrogens with one attached hydrogen (secondary N) is 1. The van der Waals surface area contributed by atoms with E-state index in [0.717, 1.165) is 11.1 Å². The van der Waals surface area contributed by atoms with E-state index in [0.29, 0.717) is 13.0 Å². The Balaban J connectivity index is 1.93. The molecule has 1 aliphatic heterocycles. The van der Waals surface area contributed by atoms with Crippen LogP contribution in [0.3, 0.4) is 0 Å². The predicted octanol–water partition coefficient (Wildman–Crippen LogP) is 3.33. The fraction of sp³-hybridized carbons (Fsp3) is 0.364. The van der Waals surface area contributed by atoms with Gasteiger partial charge >= 0.3 is 0 Å². The van der Waals surface area contributed by atoms with Crippen molar-refractivity contribution < 1.29 is 9.59 Å². The molecule has 1 heterocycles. The average molecular weight is 350 g/mol. The molecule has 1 aliphatic rings. The van der Waals surface area contributed by atoms with E-state index in [-0.39, 0.29) is 17.9 Å². The number of carbonyl (C=O) groups is 2. The second-order valence-electron chi connectivity index (χ2n) is 7.40. The molecule has 1 N–H and O–H groups in total. The molecule has 26 heavy (non-hydrogen) atoms. The van der Waals surface area contributed by atoms with Crippen molar-refractivity contribution in [2.45, 2.75) is 44.7 Å². The molecule has 0 spiro atoms. The van der Waals surface area contributed by atoms with Gasteiger partial charge < -0.3 is 10.2 Å². The van der Waals surface area contributed by atoms with Gasteiger partial charge in [0.25, 0.3) is 0 Å². The zero-order valence-corrected chi connectivity index (χ0v) is 15.6. The highest BCUT2D eigenvalue weighted by molar-refractivity contribution is 5.96. The fourth-order valence-corrected chi connectivity index (χ4v) is 3.49. The molecule has 4 nitrogen and oxygen atoms in total. The molecule has 0 aliphatic carbocycles. The third-order valence-electron chi connectivity index (χ3n) is 5.11. The van der Waals surface area contributed by atoms with Gasteiger partial charge in [0.2, 0.25) is 11.8 Å². The van der Waals surface area contributed by atoms with Crippen LogP contribution in [-0.4, -0.2) is 34.8 Å². The summed E-state index contributed by atoms with van der Waals surface area (Å²) in [5, 5.41) is 2.96. The Hall–Kier alpha value is -2.62. The van der Waals surface area contributed by atoms with Gasteiger partial charge in [-0.1, -0.05) is 60.7 Å². The molecule has 1 fully saturated rings. The summed E-state index contributed by atoms with van der Waals surface area (Å²) in [5.74, 6) is -0.495. The van der Waals surface area contributed by atoms with E-state index in [9.17, 15) is 9.59 Å². The quantitative estimate of drug-likeness (QED) is 0.899. The Kier molecular flexibility index (Phi) is 5.12.